The Hall–Kier alpha value is -3.41. The number of aryl methyl sites for hydroxylation is 1. The first kappa shape index (κ1) is 18.9. The number of hydrogen-bond donors (Lipinski definition) is 3. The summed E-state index contributed by atoms with van der Waals surface area (Å²) in [5.74, 6) is -0.546. The number of carbonyl (C=O) groups is 2. The normalized spacial score (nSPS) is 15.9. The van der Waals surface area contributed by atoms with E-state index in [1.54, 1.807) is 12.1 Å². The number of aromatic nitrogens is 1. The summed E-state index contributed by atoms with van der Waals surface area (Å²) < 4.78 is 13.3. The van der Waals surface area contributed by atoms with Crippen LogP contribution in [-0.2, 0) is 16.0 Å². The van der Waals surface area contributed by atoms with Crippen LogP contribution in [0.25, 0.3) is 22.5 Å². The summed E-state index contributed by atoms with van der Waals surface area (Å²) in [4.78, 5) is 27.4. The summed E-state index contributed by atoms with van der Waals surface area (Å²) in [5, 5.41) is 5.52. The van der Waals surface area contributed by atoms with E-state index < -0.39 is 6.04 Å². The predicted octanol–water partition coefficient (Wildman–Crippen LogP) is 3.43. The van der Waals surface area contributed by atoms with Crippen molar-refractivity contribution >= 4 is 11.8 Å². The molecule has 2 aromatic carbocycles. The maximum absolute atomic E-state index is 13.3. The van der Waals surface area contributed by atoms with Gasteiger partial charge in [-0.25, -0.2) is 4.39 Å². The lowest BCUT2D eigenvalue weighted by molar-refractivity contribution is -0.127. The van der Waals surface area contributed by atoms with Gasteiger partial charge in [0, 0.05) is 24.4 Å². The van der Waals surface area contributed by atoms with E-state index in [1.165, 1.54) is 12.1 Å². The third kappa shape index (κ3) is 4.37. The van der Waals surface area contributed by atoms with Crippen molar-refractivity contribution in [1.82, 2.24) is 15.6 Å². The van der Waals surface area contributed by atoms with E-state index in [4.69, 9.17) is 0 Å². The van der Waals surface area contributed by atoms with Crippen molar-refractivity contribution in [3.63, 3.8) is 0 Å². The molecule has 1 unspecified atom stereocenters. The zero-order valence-corrected chi connectivity index (χ0v) is 15.9. The lowest BCUT2D eigenvalue weighted by atomic mass is 10.0. The standard InChI is InChI=1S/C23H22FN3O2/c24-18-9-6-15(7-10-18)20-14-17(22(27-20)16-4-2-1-3-5-16)8-11-21(28)26-19-12-13-25-23(19)29/h1-7,9-10,14,19,27H,8,11-13H2,(H,25,29)(H,26,28). The second kappa shape index (κ2) is 8.31. The third-order valence-corrected chi connectivity index (χ3v) is 5.12. The summed E-state index contributed by atoms with van der Waals surface area (Å²) >= 11 is 0. The monoisotopic (exact) mass is 391 g/mol. The van der Waals surface area contributed by atoms with Crippen LogP contribution in [0.3, 0.4) is 0 Å². The van der Waals surface area contributed by atoms with E-state index in [0.29, 0.717) is 19.4 Å². The van der Waals surface area contributed by atoms with Gasteiger partial charge in [-0.3, -0.25) is 9.59 Å². The van der Waals surface area contributed by atoms with E-state index in [-0.39, 0.29) is 24.1 Å². The van der Waals surface area contributed by atoms with E-state index >= 15 is 0 Å². The lowest BCUT2D eigenvalue weighted by Crippen LogP contribution is -2.40. The molecule has 0 spiro atoms. The van der Waals surface area contributed by atoms with Crippen molar-refractivity contribution in [1.29, 1.82) is 0 Å². The SMILES string of the molecule is O=C(CCc1cc(-c2ccc(F)cc2)[nH]c1-c1ccccc1)NC1CCNC1=O. The van der Waals surface area contributed by atoms with Crippen LogP contribution in [-0.4, -0.2) is 29.4 Å². The van der Waals surface area contributed by atoms with Crippen molar-refractivity contribution in [2.24, 2.45) is 0 Å². The van der Waals surface area contributed by atoms with Crippen molar-refractivity contribution < 1.29 is 14.0 Å². The second-order valence-electron chi connectivity index (χ2n) is 7.16. The number of H-pyrrole nitrogens is 1. The second-order valence-corrected chi connectivity index (χ2v) is 7.16. The molecule has 0 aliphatic carbocycles. The summed E-state index contributed by atoms with van der Waals surface area (Å²) in [7, 11) is 0. The molecule has 1 aliphatic rings. The molecule has 4 rings (SSSR count). The lowest BCUT2D eigenvalue weighted by Gasteiger charge is -2.10. The van der Waals surface area contributed by atoms with Crippen molar-refractivity contribution in [2.75, 3.05) is 6.54 Å². The first-order valence-electron chi connectivity index (χ1n) is 9.70. The smallest absolute Gasteiger partial charge is 0.242 e. The van der Waals surface area contributed by atoms with Crippen molar-refractivity contribution in [3.05, 3.63) is 72.0 Å². The molecular formula is C23H22FN3O2. The molecule has 1 aliphatic heterocycles. The highest BCUT2D eigenvalue weighted by Gasteiger charge is 2.25. The van der Waals surface area contributed by atoms with Crippen molar-refractivity contribution in [2.45, 2.75) is 25.3 Å². The third-order valence-electron chi connectivity index (χ3n) is 5.12. The molecule has 2 amide bonds. The molecule has 2 heterocycles. The Labute approximate surface area is 168 Å². The number of nitrogens with one attached hydrogen (secondary N) is 3. The number of benzene rings is 2. The highest BCUT2D eigenvalue weighted by Crippen LogP contribution is 2.30. The Kier molecular flexibility index (Phi) is 5.42. The van der Waals surface area contributed by atoms with Crippen LogP contribution in [0.5, 0.6) is 0 Å². The minimum absolute atomic E-state index is 0.122. The number of amides is 2. The van der Waals surface area contributed by atoms with Gasteiger partial charge in [0.25, 0.3) is 0 Å². The zero-order valence-electron chi connectivity index (χ0n) is 15.9. The number of carbonyl (C=O) groups excluding carboxylic acids is 2. The van der Waals surface area contributed by atoms with Gasteiger partial charge in [0.2, 0.25) is 11.8 Å². The Morgan fingerprint density at radius 1 is 1.07 bits per heavy atom. The fourth-order valence-electron chi connectivity index (χ4n) is 3.59. The van der Waals surface area contributed by atoms with Gasteiger partial charge in [-0.1, -0.05) is 30.3 Å². The van der Waals surface area contributed by atoms with Crippen LogP contribution < -0.4 is 10.6 Å². The maximum Gasteiger partial charge on any atom is 0.242 e. The van der Waals surface area contributed by atoms with E-state index in [1.807, 2.05) is 36.4 Å². The molecule has 148 valence electrons. The maximum atomic E-state index is 13.3. The molecule has 0 radical (unpaired) electrons. The summed E-state index contributed by atoms with van der Waals surface area (Å²) in [6.45, 7) is 0.598. The van der Waals surface area contributed by atoms with Gasteiger partial charge < -0.3 is 15.6 Å². The van der Waals surface area contributed by atoms with Crippen LogP contribution in [0.4, 0.5) is 4.39 Å². The molecule has 0 bridgehead atoms. The van der Waals surface area contributed by atoms with Gasteiger partial charge in [-0.05, 0) is 59.9 Å². The Morgan fingerprint density at radius 3 is 2.52 bits per heavy atom. The van der Waals surface area contributed by atoms with Crippen LogP contribution >= 0.6 is 0 Å². The largest absolute Gasteiger partial charge is 0.354 e. The summed E-state index contributed by atoms with van der Waals surface area (Å²) in [6, 6.07) is 17.8. The molecule has 6 heteroatoms. The fraction of sp³-hybridized carbons (Fsp3) is 0.217. The average molecular weight is 391 g/mol. The molecule has 3 aromatic rings. The molecule has 1 fully saturated rings. The summed E-state index contributed by atoms with van der Waals surface area (Å²) in [6.07, 6.45) is 1.44. The van der Waals surface area contributed by atoms with Crippen molar-refractivity contribution in [3.8, 4) is 22.5 Å². The average Bonchev–Trinajstić information content (AvgIpc) is 3.34. The van der Waals surface area contributed by atoms with Gasteiger partial charge in [0.15, 0.2) is 0 Å². The minimum atomic E-state index is -0.433. The molecule has 1 atom stereocenters. The number of aromatic amines is 1. The van der Waals surface area contributed by atoms with Gasteiger partial charge in [-0.15, -0.1) is 0 Å². The van der Waals surface area contributed by atoms with E-state index in [9.17, 15) is 14.0 Å². The molecule has 1 aromatic heterocycles. The predicted molar refractivity (Wildman–Crippen MR) is 110 cm³/mol. The Balaban J connectivity index is 1.55. The molecule has 5 nitrogen and oxygen atoms in total. The van der Waals surface area contributed by atoms with Gasteiger partial charge in [-0.2, -0.15) is 0 Å². The minimum Gasteiger partial charge on any atom is -0.354 e. The summed E-state index contributed by atoms with van der Waals surface area (Å²) in [5.41, 5.74) is 4.71. The van der Waals surface area contributed by atoms with Crippen LogP contribution in [0.1, 0.15) is 18.4 Å². The van der Waals surface area contributed by atoms with Gasteiger partial charge in [0.1, 0.15) is 11.9 Å². The first-order valence-corrected chi connectivity index (χ1v) is 9.70. The highest BCUT2D eigenvalue weighted by atomic mass is 19.1. The topological polar surface area (TPSA) is 74.0 Å². The molecule has 3 N–H and O–H groups in total. The Bertz CT molecular complexity index is 1010. The van der Waals surface area contributed by atoms with Gasteiger partial charge >= 0.3 is 0 Å². The van der Waals surface area contributed by atoms with Crippen LogP contribution in [0.2, 0.25) is 0 Å². The van der Waals surface area contributed by atoms with E-state index in [2.05, 4.69) is 15.6 Å². The Morgan fingerprint density at radius 2 is 1.83 bits per heavy atom. The molecule has 0 saturated carbocycles. The van der Waals surface area contributed by atoms with E-state index in [0.717, 1.165) is 28.1 Å². The molecule has 29 heavy (non-hydrogen) atoms. The van der Waals surface area contributed by atoms with Crippen LogP contribution in [0.15, 0.2) is 60.7 Å². The molecular weight excluding hydrogens is 369 g/mol. The quantitative estimate of drug-likeness (QED) is 0.602. The fourth-order valence-corrected chi connectivity index (χ4v) is 3.59. The van der Waals surface area contributed by atoms with Gasteiger partial charge in [0.05, 0.1) is 0 Å². The number of rotatable bonds is 6. The number of hydrogen-bond acceptors (Lipinski definition) is 2. The molecule has 1 saturated heterocycles. The first-order chi connectivity index (χ1) is 14.1. The highest BCUT2D eigenvalue weighted by molar-refractivity contribution is 5.89. The van der Waals surface area contributed by atoms with Crippen LogP contribution in [0, 0.1) is 5.82 Å². The zero-order chi connectivity index (χ0) is 20.2. The number of halogens is 1.